The fourth-order valence-corrected chi connectivity index (χ4v) is 3.69. The first-order valence-corrected chi connectivity index (χ1v) is 10.3. The second-order valence-corrected chi connectivity index (χ2v) is 7.47. The highest BCUT2D eigenvalue weighted by molar-refractivity contribution is 14.0. The van der Waals surface area contributed by atoms with E-state index in [0.717, 1.165) is 54.8 Å². The van der Waals surface area contributed by atoms with Crippen LogP contribution in [0.1, 0.15) is 34.2 Å². The van der Waals surface area contributed by atoms with Crippen LogP contribution in [-0.4, -0.2) is 59.9 Å². The number of amides is 1. The Kier molecular flexibility index (Phi) is 9.81. The van der Waals surface area contributed by atoms with Crippen molar-refractivity contribution in [1.82, 2.24) is 30.7 Å². The normalized spacial score (nSPS) is 15.9. The average molecular weight is 533 g/mol. The summed E-state index contributed by atoms with van der Waals surface area (Å²) in [5, 5.41) is 16.1. The number of fused-ring (bicyclic) bond motifs is 1. The van der Waals surface area contributed by atoms with Crippen molar-refractivity contribution in [1.29, 1.82) is 0 Å². The molecule has 1 atom stereocenters. The van der Waals surface area contributed by atoms with Crippen molar-refractivity contribution in [2.45, 2.75) is 38.5 Å². The minimum Gasteiger partial charge on any atom is -0.377 e. The number of halogens is 1. The van der Waals surface area contributed by atoms with Crippen molar-refractivity contribution in [2.24, 2.45) is 4.99 Å². The Morgan fingerprint density at radius 1 is 1.41 bits per heavy atom. The van der Waals surface area contributed by atoms with Crippen molar-refractivity contribution in [3.63, 3.8) is 0 Å². The number of aromatic nitrogens is 3. The van der Waals surface area contributed by atoms with Crippen LogP contribution in [0.3, 0.4) is 0 Å². The number of aliphatic imine (C=N–C) groups is 1. The minimum absolute atomic E-state index is 0. The van der Waals surface area contributed by atoms with Gasteiger partial charge in [0.15, 0.2) is 11.8 Å². The lowest BCUT2D eigenvalue weighted by Crippen LogP contribution is -2.47. The maximum atomic E-state index is 11.9. The second-order valence-electron chi connectivity index (χ2n) is 6.53. The number of rotatable bonds is 8. The van der Waals surface area contributed by atoms with E-state index in [0.29, 0.717) is 13.2 Å². The number of hydrogen-bond acceptors (Lipinski definition) is 6. The lowest BCUT2D eigenvalue weighted by Gasteiger charge is -2.25. The molecule has 0 saturated heterocycles. The Hall–Kier alpha value is -1.73. The van der Waals surface area contributed by atoms with Crippen LogP contribution < -0.4 is 16.0 Å². The van der Waals surface area contributed by atoms with E-state index in [9.17, 15) is 4.79 Å². The predicted molar refractivity (Wildman–Crippen MR) is 124 cm³/mol. The van der Waals surface area contributed by atoms with Crippen LogP contribution >= 0.6 is 35.3 Å². The summed E-state index contributed by atoms with van der Waals surface area (Å²) in [4.78, 5) is 21.4. The number of nitrogens with one attached hydrogen (secondary N) is 3. The van der Waals surface area contributed by atoms with Gasteiger partial charge in [-0.2, -0.15) is 5.10 Å². The molecule has 1 aliphatic heterocycles. The fourth-order valence-electron chi connectivity index (χ4n) is 3.05. The predicted octanol–water partition coefficient (Wildman–Crippen LogP) is 1.40. The van der Waals surface area contributed by atoms with E-state index < -0.39 is 0 Å². The molecule has 1 amide bonds. The molecular formula is C18H28IN7O2S. The number of carbonyl (C=O) groups excluding carboxylic acids is 1. The molecule has 9 nitrogen and oxygen atoms in total. The van der Waals surface area contributed by atoms with Gasteiger partial charge >= 0.3 is 0 Å². The molecule has 1 unspecified atom stereocenters. The standard InChI is InChI=1S/C18H27N7O2S.HI/c1-19-18(21-9-4-8-20-17(26)14-5-3-10-28-14)22-13-6-7-16-23-15(12-27-2)24-25(16)11-13;/h3,5,10,13H,4,6-9,11-12H2,1-2H3,(H,20,26)(H2,19,21,22);1H. The fraction of sp³-hybridized carbons (Fsp3) is 0.556. The maximum Gasteiger partial charge on any atom is 0.261 e. The largest absolute Gasteiger partial charge is 0.377 e. The van der Waals surface area contributed by atoms with E-state index in [-0.39, 0.29) is 35.9 Å². The summed E-state index contributed by atoms with van der Waals surface area (Å²) < 4.78 is 7.05. The molecule has 3 heterocycles. The number of carbonyl (C=O) groups is 1. The van der Waals surface area contributed by atoms with E-state index in [1.165, 1.54) is 11.3 Å². The lowest BCUT2D eigenvalue weighted by atomic mass is 10.1. The molecule has 0 aliphatic carbocycles. The molecule has 0 aromatic carbocycles. The smallest absolute Gasteiger partial charge is 0.261 e. The Balaban J connectivity index is 0.00000300. The van der Waals surface area contributed by atoms with Crippen LogP contribution in [0.5, 0.6) is 0 Å². The number of guanidine groups is 1. The van der Waals surface area contributed by atoms with Gasteiger partial charge < -0.3 is 20.7 Å². The van der Waals surface area contributed by atoms with Crippen molar-refractivity contribution >= 4 is 47.2 Å². The molecule has 3 rings (SSSR count). The van der Waals surface area contributed by atoms with Crippen LogP contribution in [-0.2, 0) is 24.3 Å². The molecule has 0 spiro atoms. The topological polar surface area (TPSA) is 105 Å². The SMILES string of the molecule is CN=C(NCCCNC(=O)c1cccs1)NC1CCc2nc(COC)nn2C1.I. The van der Waals surface area contributed by atoms with Gasteiger partial charge in [-0.25, -0.2) is 9.67 Å². The zero-order chi connectivity index (χ0) is 19.8. The Morgan fingerprint density at radius 3 is 2.97 bits per heavy atom. The quantitative estimate of drug-likeness (QED) is 0.205. The van der Waals surface area contributed by atoms with Gasteiger partial charge in [-0.05, 0) is 24.3 Å². The summed E-state index contributed by atoms with van der Waals surface area (Å²) in [5.41, 5.74) is 0. The molecule has 29 heavy (non-hydrogen) atoms. The van der Waals surface area contributed by atoms with Gasteiger partial charge in [0.1, 0.15) is 12.4 Å². The molecule has 0 bridgehead atoms. The van der Waals surface area contributed by atoms with Crippen molar-refractivity contribution < 1.29 is 9.53 Å². The molecule has 2 aromatic heterocycles. The number of nitrogens with zero attached hydrogens (tertiary/aromatic N) is 4. The molecule has 0 fully saturated rings. The Labute approximate surface area is 191 Å². The Bertz CT molecular complexity index is 794. The Morgan fingerprint density at radius 2 is 2.24 bits per heavy atom. The van der Waals surface area contributed by atoms with Gasteiger partial charge in [0.2, 0.25) is 0 Å². The summed E-state index contributed by atoms with van der Waals surface area (Å²) in [7, 11) is 3.40. The van der Waals surface area contributed by atoms with Gasteiger partial charge in [-0.15, -0.1) is 35.3 Å². The van der Waals surface area contributed by atoms with Crippen LogP contribution in [0.2, 0.25) is 0 Å². The number of thiophene rings is 1. The lowest BCUT2D eigenvalue weighted by molar-refractivity contribution is 0.0957. The molecule has 0 radical (unpaired) electrons. The summed E-state index contributed by atoms with van der Waals surface area (Å²) in [6.07, 6.45) is 2.67. The molecule has 0 saturated carbocycles. The van der Waals surface area contributed by atoms with Gasteiger partial charge in [0.05, 0.1) is 11.4 Å². The van der Waals surface area contributed by atoms with Gasteiger partial charge in [0.25, 0.3) is 5.91 Å². The van der Waals surface area contributed by atoms with Crippen molar-refractivity contribution in [3.8, 4) is 0 Å². The van der Waals surface area contributed by atoms with E-state index >= 15 is 0 Å². The second kappa shape index (κ2) is 12.1. The van der Waals surface area contributed by atoms with E-state index in [4.69, 9.17) is 4.74 Å². The first-order chi connectivity index (χ1) is 13.7. The summed E-state index contributed by atoms with van der Waals surface area (Å²) in [6.45, 7) is 2.53. The monoisotopic (exact) mass is 533 g/mol. The molecule has 3 N–H and O–H groups in total. The van der Waals surface area contributed by atoms with Gasteiger partial charge in [-0.3, -0.25) is 9.79 Å². The van der Waals surface area contributed by atoms with E-state index in [2.05, 4.69) is 31.0 Å². The third-order valence-electron chi connectivity index (χ3n) is 4.42. The maximum absolute atomic E-state index is 11.9. The highest BCUT2D eigenvalue weighted by Crippen LogP contribution is 2.13. The van der Waals surface area contributed by atoms with Crippen LogP contribution in [0, 0.1) is 0 Å². The highest BCUT2D eigenvalue weighted by Gasteiger charge is 2.22. The number of methoxy groups -OCH3 is 1. The van der Waals surface area contributed by atoms with E-state index in [1.54, 1.807) is 14.2 Å². The molecule has 160 valence electrons. The highest BCUT2D eigenvalue weighted by atomic mass is 127. The summed E-state index contributed by atoms with van der Waals surface area (Å²) in [5.74, 6) is 2.48. The van der Waals surface area contributed by atoms with Gasteiger partial charge in [-0.1, -0.05) is 6.07 Å². The molecular weight excluding hydrogens is 505 g/mol. The van der Waals surface area contributed by atoms with Crippen LogP contribution in [0.4, 0.5) is 0 Å². The zero-order valence-corrected chi connectivity index (χ0v) is 19.8. The number of hydrogen-bond donors (Lipinski definition) is 3. The third-order valence-corrected chi connectivity index (χ3v) is 5.28. The van der Waals surface area contributed by atoms with Gasteiger partial charge in [0, 0.05) is 39.7 Å². The average Bonchev–Trinajstić information content (AvgIpc) is 3.36. The number of aryl methyl sites for hydroxylation is 1. The molecule has 2 aromatic rings. The van der Waals surface area contributed by atoms with Crippen LogP contribution in [0.15, 0.2) is 22.5 Å². The molecule has 1 aliphatic rings. The first kappa shape index (κ1) is 23.5. The molecule has 11 heteroatoms. The summed E-state index contributed by atoms with van der Waals surface area (Å²) >= 11 is 1.45. The summed E-state index contributed by atoms with van der Waals surface area (Å²) in [6, 6.07) is 3.95. The van der Waals surface area contributed by atoms with E-state index in [1.807, 2.05) is 22.2 Å². The van der Waals surface area contributed by atoms with Crippen molar-refractivity contribution in [2.75, 3.05) is 27.2 Å². The zero-order valence-electron chi connectivity index (χ0n) is 16.7. The van der Waals surface area contributed by atoms with Crippen molar-refractivity contribution in [3.05, 3.63) is 34.0 Å². The third kappa shape index (κ3) is 6.93. The minimum atomic E-state index is -0.0174. The van der Waals surface area contributed by atoms with Crippen LogP contribution in [0.25, 0.3) is 0 Å². The number of ether oxygens (including phenoxy) is 1. The first-order valence-electron chi connectivity index (χ1n) is 9.40.